The van der Waals surface area contributed by atoms with Gasteiger partial charge < -0.3 is 13.3 Å². The van der Waals surface area contributed by atoms with Crippen LogP contribution in [0.25, 0.3) is 0 Å². The van der Waals surface area contributed by atoms with Gasteiger partial charge in [-0.15, -0.1) is 12.3 Å². The zero-order valence-electron chi connectivity index (χ0n) is 32.0. The lowest BCUT2D eigenvalue weighted by atomic mass is 9.75. The van der Waals surface area contributed by atoms with E-state index in [0.29, 0.717) is 19.6 Å². The van der Waals surface area contributed by atoms with Gasteiger partial charge in [-0.2, -0.15) is 0 Å². The number of terminal acetylenes is 1. The van der Waals surface area contributed by atoms with Crippen LogP contribution < -0.4 is 10.4 Å². The molecule has 0 amide bonds. The Morgan fingerprint density at radius 1 is 0.674 bits per heavy atom. The van der Waals surface area contributed by atoms with Gasteiger partial charge >= 0.3 is 0 Å². The Balaban J connectivity index is 2.68. The fraction of sp³-hybridized carbons (Fsp3) is 0.600. The molecule has 6 heteroatoms. The van der Waals surface area contributed by atoms with E-state index < -0.39 is 25.0 Å². The first-order valence-electron chi connectivity index (χ1n) is 17.1. The van der Waals surface area contributed by atoms with Crippen LogP contribution in [0, 0.1) is 23.7 Å². The minimum Gasteiger partial charge on any atom is -0.413 e. The Labute approximate surface area is 287 Å². The molecule has 0 aliphatic rings. The number of hydrogen-bond acceptors (Lipinski definition) is 3. The summed E-state index contributed by atoms with van der Waals surface area (Å²) in [6.45, 7) is 35.8. The van der Waals surface area contributed by atoms with E-state index in [0.717, 1.165) is 0 Å². The lowest BCUT2D eigenvalue weighted by Crippen LogP contribution is -2.67. The second-order valence-corrected chi connectivity index (χ2v) is 31.6. The molecule has 0 fully saturated rings. The molecule has 0 aliphatic carbocycles. The van der Waals surface area contributed by atoms with Crippen molar-refractivity contribution in [3.05, 3.63) is 72.8 Å². The fourth-order valence-corrected chi connectivity index (χ4v) is 12.6. The summed E-state index contributed by atoms with van der Waals surface area (Å²) in [5.41, 5.74) is -0.272. The molecule has 0 saturated heterocycles. The van der Waals surface area contributed by atoms with Crippen molar-refractivity contribution in [2.24, 2.45) is 11.3 Å². The van der Waals surface area contributed by atoms with E-state index in [9.17, 15) is 0 Å². The van der Waals surface area contributed by atoms with Crippen LogP contribution in [0.15, 0.2) is 72.8 Å². The van der Waals surface area contributed by atoms with Gasteiger partial charge in [-0.05, 0) is 57.1 Å². The van der Waals surface area contributed by atoms with Crippen molar-refractivity contribution < 1.29 is 13.3 Å². The maximum atomic E-state index is 7.59. The summed E-state index contributed by atoms with van der Waals surface area (Å²) >= 11 is 0. The number of allylic oxidation sites excluding steroid dienone is 1. The minimum atomic E-state index is -2.78. The first-order valence-corrected chi connectivity index (χ1v) is 24.8. The molecule has 256 valence electrons. The Morgan fingerprint density at radius 3 is 1.52 bits per heavy atom. The van der Waals surface area contributed by atoms with Crippen molar-refractivity contribution in [1.29, 1.82) is 0 Å². The third-order valence-corrected chi connectivity index (χ3v) is 24.8. The predicted molar refractivity (Wildman–Crippen MR) is 209 cm³/mol. The average molecular weight is 679 g/mol. The van der Waals surface area contributed by atoms with Gasteiger partial charge in [0.2, 0.25) is 0 Å². The van der Waals surface area contributed by atoms with Gasteiger partial charge in [-0.3, -0.25) is 0 Å². The van der Waals surface area contributed by atoms with Crippen LogP contribution in [0.5, 0.6) is 0 Å². The molecule has 2 aromatic rings. The Bertz CT molecular complexity index is 1250. The van der Waals surface area contributed by atoms with Crippen LogP contribution >= 0.6 is 0 Å². The van der Waals surface area contributed by atoms with Crippen molar-refractivity contribution in [2.45, 2.75) is 130 Å². The number of rotatable bonds is 14. The Hall–Kier alpha value is -1.73. The molecular weight excluding hydrogens is 613 g/mol. The zero-order valence-corrected chi connectivity index (χ0v) is 35.0. The second-order valence-electron chi connectivity index (χ2n) is 17.7. The normalized spacial score (nSPS) is 15.5. The maximum Gasteiger partial charge on any atom is 0.261 e. The van der Waals surface area contributed by atoms with Crippen molar-refractivity contribution >= 4 is 35.3 Å². The molecule has 0 aliphatic heterocycles. The van der Waals surface area contributed by atoms with E-state index in [1.807, 2.05) is 0 Å². The highest BCUT2D eigenvalue weighted by Crippen LogP contribution is 2.44. The minimum absolute atomic E-state index is 0.0171. The predicted octanol–water partition coefficient (Wildman–Crippen LogP) is 10.2. The molecule has 0 spiro atoms. The highest BCUT2D eigenvalue weighted by molar-refractivity contribution is 6.99. The van der Waals surface area contributed by atoms with E-state index in [2.05, 4.69) is 181 Å². The summed E-state index contributed by atoms with van der Waals surface area (Å²) in [7, 11) is -6.80. The van der Waals surface area contributed by atoms with Crippen molar-refractivity contribution in [2.75, 3.05) is 13.2 Å². The van der Waals surface area contributed by atoms with Crippen LogP contribution in [-0.2, 0) is 13.3 Å². The molecular formula is C40H66O3Si3. The first kappa shape index (κ1) is 40.4. The monoisotopic (exact) mass is 678 g/mol. The van der Waals surface area contributed by atoms with Crippen molar-refractivity contribution in [3.63, 3.8) is 0 Å². The van der Waals surface area contributed by atoms with Gasteiger partial charge in [-0.25, -0.2) is 0 Å². The second kappa shape index (κ2) is 15.2. The third-order valence-electron chi connectivity index (χ3n) is 10.8. The topological polar surface area (TPSA) is 27.7 Å². The van der Waals surface area contributed by atoms with E-state index in [4.69, 9.17) is 19.7 Å². The van der Waals surface area contributed by atoms with E-state index >= 15 is 0 Å². The largest absolute Gasteiger partial charge is 0.413 e. The highest BCUT2D eigenvalue weighted by Gasteiger charge is 2.52. The van der Waals surface area contributed by atoms with E-state index in [1.54, 1.807) is 0 Å². The molecule has 0 unspecified atom stereocenters. The molecule has 0 N–H and O–H groups in total. The van der Waals surface area contributed by atoms with Crippen LogP contribution in [0.2, 0.25) is 41.3 Å². The van der Waals surface area contributed by atoms with Gasteiger partial charge in [-0.1, -0.05) is 149 Å². The molecule has 2 aromatic carbocycles. The summed E-state index contributed by atoms with van der Waals surface area (Å²) in [5, 5.41) is 2.65. The molecule has 2 rings (SSSR count). The van der Waals surface area contributed by atoms with Gasteiger partial charge in [0.1, 0.15) is 0 Å². The number of benzene rings is 2. The summed E-state index contributed by atoms with van der Waals surface area (Å²) in [6, 6.07) is 21.8. The number of hydrogen-bond donors (Lipinski definition) is 0. The zero-order chi connectivity index (χ0) is 35.2. The molecule has 2 atom stereocenters. The smallest absolute Gasteiger partial charge is 0.261 e. The quantitative estimate of drug-likeness (QED) is 0.113. The first-order chi connectivity index (χ1) is 20.9. The van der Waals surface area contributed by atoms with E-state index in [1.165, 1.54) is 10.4 Å². The highest BCUT2D eigenvalue weighted by atomic mass is 28.4. The van der Waals surface area contributed by atoms with Gasteiger partial charge in [0, 0.05) is 18.9 Å². The van der Waals surface area contributed by atoms with E-state index in [-0.39, 0.29) is 32.6 Å². The molecule has 0 heterocycles. The summed E-state index contributed by atoms with van der Waals surface area (Å²) in [5.74, 6) is 3.02. The van der Waals surface area contributed by atoms with Crippen LogP contribution in [-0.4, -0.2) is 44.3 Å². The summed E-state index contributed by atoms with van der Waals surface area (Å²) in [6.07, 6.45) is 11.0. The standard InChI is InChI=1S/C40H66O3Si3/c1-17-25-36(43-45(15,16)38(5,6)7)35(40(11,12)30-24-31-41-44(13,14)37(2,3)4)32-42-46(39(8,9)10,33-26-20-18-21-27-33)34-28-22-19-23-29-34/h1,18-24,26-30,35-36H,25,31-32H2,2-16H3/b30-24+/t35-,36+/m1/s1. The lowest BCUT2D eigenvalue weighted by Gasteiger charge is -2.48. The molecule has 46 heavy (non-hydrogen) atoms. The summed E-state index contributed by atoms with van der Waals surface area (Å²) < 4.78 is 21.4. The molecule has 0 saturated carbocycles. The molecule has 0 radical (unpaired) electrons. The van der Waals surface area contributed by atoms with Crippen molar-refractivity contribution in [3.8, 4) is 12.3 Å². The van der Waals surface area contributed by atoms with Gasteiger partial charge in [0.25, 0.3) is 8.32 Å². The third kappa shape index (κ3) is 9.67. The fourth-order valence-electron chi connectivity index (χ4n) is 5.66. The molecule has 0 bridgehead atoms. The SMILES string of the molecule is C#CC[C@H](O[Si](C)(C)C(C)(C)C)[C@@H](CO[Si](c1ccccc1)(c1ccccc1)C(C)(C)C)C(C)(C)/C=C/CO[Si](C)(C)C(C)(C)C. The Kier molecular flexibility index (Phi) is 13.4. The lowest BCUT2D eigenvalue weighted by molar-refractivity contribution is 0.0316. The van der Waals surface area contributed by atoms with Crippen molar-refractivity contribution in [1.82, 2.24) is 0 Å². The summed E-state index contributed by atoms with van der Waals surface area (Å²) in [4.78, 5) is 0. The van der Waals surface area contributed by atoms with Gasteiger partial charge in [0.05, 0.1) is 12.7 Å². The molecule has 3 nitrogen and oxygen atoms in total. The van der Waals surface area contributed by atoms with Gasteiger partial charge in [0.15, 0.2) is 16.6 Å². The van der Waals surface area contributed by atoms with Crippen LogP contribution in [0.3, 0.4) is 0 Å². The van der Waals surface area contributed by atoms with Crippen LogP contribution in [0.1, 0.15) is 82.6 Å². The average Bonchev–Trinajstić information content (AvgIpc) is 2.92. The van der Waals surface area contributed by atoms with Crippen LogP contribution in [0.4, 0.5) is 0 Å². The maximum absolute atomic E-state index is 7.59. The molecule has 0 aromatic heterocycles. The Morgan fingerprint density at radius 2 is 1.13 bits per heavy atom.